The van der Waals surface area contributed by atoms with E-state index < -0.39 is 0 Å². The van der Waals surface area contributed by atoms with Crippen LogP contribution in [-0.4, -0.2) is 43.2 Å². The summed E-state index contributed by atoms with van der Waals surface area (Å²) in [7, 11) is 0. The fourth-order valence-electron chi connectivity index (χ4n) is 2.91. The third-order valence-corrected chi connectivity index (χ3v) is 4.47. The molecule has 0 aromatic carbocycles. The molecule has 0 radical (unpaired) electrons. The Kier molecular flexibility index (Phi) is 4.87. The van der Waals surface area contributed by atoms with E-state index in [-0.39, 0.29) is 6.03 Å². The molecule has 2 atom stereocenters. The number of piperidine rings is 2. The molecule has 18 heavy (non-hydrogen) atoms. The van der Waals surface area contributed by atoms with Crippen molar-refractivity contribution in [3.05, 3.63) is 0 Å². The molecule has 4 nitrogen and oxygen atoms in total. The number of amides is 2. The molecule has 2 N–H and O–H groups in total. The number of urea groups is 1. The number of hydrogen-bond acceptors (Lipinski definition) is 2. The van der Waals surface area contributed by atoms with Crippen molar-refractivity contribution in [3.8, 4) is 0 Å². The number of nitrogens with one attached hydrogen (secondary N) is 2. The zero-order chi connectivity index (χ0) is 13.0. The quantitative estimate of drug-likeness (QED) is 0.788. The van der Waals surface area contributed by atoms with Crippen molar-refractivity contribution in [1.82, 2.24) is 15.5 Å². The Bertz CT molecular complexity index is 274. The van der Waals surface area contributed by atoms with Crippen LogP contribution in [-0.2, 0) is 0 Å². The van der Waals surface area contributed by atoms with Crippen molar-refractivity contribution < 1.29 is 4.79 Å². The Morgan fingerprint density at radius 3 is 2.67 bits per heavy atom. The van der Waals surface area contributed by atoms with E-state index in [1.807, 2.05) is 4.90 Å². The molecule has 2 fully saturated rings. The predicted octanol–water partition coefficient (Wildman–Crippen LogP) is 1.82. The zero-order valence-electron chi connectivity index (χ0n) is 11.7. The topological polar surface area (TPSA) is 44.4 Å². The van der Waals surface area contributed by atoms with Crippen molar-refractivity contribution in [2.45, 2.75) is 45.6 Å². The standard InChI is InChI=1S/C14H27N3O/c1-11-5-8-17(9-6-11)14(18)16-10-13-12(2)4-3-7-15-13/h11-13,15H,3-10H2,1-2H3,(H,16,18). The second kappa shape index (κ2) is 6.41. The molecule has 2 aliphatic heterocycles. The maximum absolute atomic E-state index is 12.0. The number of nitrogens with zero attached hydrogens (tertiary/aromatic N) is 1. The third kappa shape index (κ3) is 3.61. The first-order valence-electron chi connectivity index (χ1n) is 7.43. The van der Waals surface area contributed by atoms with Crippen molar-refractivity contribution in [1.29, 1.82) is 0 Å². The lowest BCUT2D eigenvalue weighted by Crippen LogP contribution is -2.51. The molecule has 4 heteroatoms. The van der Waals surface area contributed by atoms with Gasteiger partial charge in [0.1, 0.15) is 0 Å². The molecule has 104 valence electrons. The molecular formula is C14H27N3O. The van der Waals surface area contributed by atoms with Gasteiger partial charge in [-0.25, -0.2) is 4.79 Å². The SMILES string of the molecule is CC1CCN(C(=O)NCC2NCCCC2C)CC1. The Balaban J connectivity index is 1.70. The lowest BCUT2D eigenvalue weighted by Gasteiger charge is -2.33. The molecule has 0 aliphatic carbocycles. The fourth-order valence-corrected chi connectivity index (χ4v) is 2.91. The largest absolute Gasteiger partial charge is 0.336 e. The van der Waals surface area contributed by atoms with Crippen LogP contribution in [0.3, 0.4) is 0 Å². The smallest absolute Gasteiger partial charge is 0.317 e. The minimum atomic E-state index is 0.126. The number of carbonyl (C=O) groups excluding carboxylic acids is 1. The maximum Gasteiger partial charge on any atom is 0.317 e. The number of likely N-dealkylation sites (tertiary alicyclic amines) is 1. The molecule has 2 amide bonds. The fraction of sp³-hybridized carbons (Fsp3) is 0.929. The maximum atomic E-state index is 12.0. The van der Waals surface area contributed by atoms with Crippen LogP contribution in [0, 0.1) is 11.8 Å². The van der Waals surface area contributed by atoms with Gasteiger partial charge in [-0.1, -0.05) is 13.8 Å². The minimum Gasteiger partial charge on any atom is -0.336 e. The second-order valence-electron chi connectivity index (χ2n) is 6.04. The van der Waals surface area contributed by atoms with Gasteiger partial charge in [-0.05, 0) is 44.1 Å². The zero-order valence-corrected chi connectivity index (χ0v) is 11.7. The first kappa shape index (κ1) is 13.7. The third-order valence-electron chi connectivity index (χ3n) is 4.47. The van der Waals surface area contributed by atoms with Crippen LogP contribution < -0.4 is 10.6 Å². The van der Waals surface area contributed by atoms with Gasteiger partial charge in [-0.15, -0.1) is 0 Å². The Morgan fingerprint density at radius 2 is 2.00 bits per heavy atom. The molecule has 0 aromatic heterocycles. The van der Waals surface area contributed by atoms with E-state index in [0.29, 0.717) is 12.0 Å². The monoisotopic (exact) mass is 253 g/mol. The molecule has 2 rings (SSSR count). The summed E-state index contributed by atoms with van der Waals surface area (Å²) in [5.41, 5.74) is 0. The lowest BCUT2D eigenvalue weighted by molar-refractivity contribution is 0.170. The first-order chi connectivity index (χ1) is 8.66. The van der Waals surface area contributed by atoms with Gasteiger partial charge in [0.05, 0.1) is 0 Å². The van der Waals surface area contributed by atoms with Crippen LogP contribution in [0.2, 0.25) is 0 Å². The van der Waals surface area contributed by atoms with Gasteiger partial charge < -0.3 is 15.5 Å². The number of rotatable bonds is 2. The van der Waals surface area contributed by atoms with E-state index in [1.165, 1.54) is 12.8 Å². The number of carbonyl (C=O) groups is 1. The summed E-state index contributed by atoms with van der Waals surface area (Å²) in [6.07, 6.45) is 4.82. The molecule has 0 saturated carbocycles. The van der Waals surface area contributed by atoms with Crippen LogP contribution in [0.4, 0.5) is 4.79 Å². The highest BCUT2D eigenvalue weighted by Crippen LogP contribution is 2.17. The highest BCUT2D eigenvalue weighted by Gasteiger charge is 2.23. The lowest BCUT2D eigenvalue weighted by atomic mass is 9.93. The summed E-state index contributed by atoms with van der Waals surface area (Å²) < 4.78 is 0. The van der Waals surface area contributed by atoms with E-state index in [9.17, 15) is 4.79 Å². The minimum absolute atomic E-state index is 0.126. The van der Waals surface area contributed by atoms with E-state index in [0.717, 1.165) is 44.9 Å². The van der Waals surface area contributed by atoms with Crippen LogP contribution in [0.5, 0.6) is 0 Å². The van der Waals surface area contributed by atoms with Crippen molar-refractivity contribution in [2.24, 2.45) is 11.8 Å². The molecule has 0 bridgehead atoms. The highest BCUT2D eigenvalue weighted by molar-refractivity contribution is 5.74. The summed E-state index contributed by atoms with van der Waals surface area (Å²) in [4.78, 5) is 14.0. The number of hydrogen-bond donors (Lipinski definition) is 2. The van der Waals surface area contributed by atoms with Gasteiger partial charge in [-0.3, -0.25) is 0 Å². The average Bonchev–Trinajstić information content (AvgIpc) is 2.38. The van der Waals surface area contributed by atoms with Gasteiger partial charge in [0.25, 0.3) is 0 Å². The normalized spacial score (nSPS) is 30.2. The summed E-state index contributed by atoms with van der Waals surface area (Å²) >= 11 is 0. The Morgan fingerprint density at radius 1 is 1.28 bits per heavy atom. The van der Waals surface area contributed by atoms with Crippen LogP contribution in [0.15, 0.2) is 0 Å². The van der Waals surface area contributed by atoms with Crippen LogP contribution in [0.1, 0.15) is 39.5 Å². The van der Waals surface area contributed by atoms with Crippen molar-refractivity contribution in [2.75, 3.05) is 26.2 Å². The Labute approximate surface area is 110 Å². The predicted molar refractivity (Wildman–Crippen MR) is 73.6 cm³/mol. The van der Waals surface area contributed by atoms with Crippen molar-refractivity contribution >= 4 is 6.03 Å². The summed E-state index contributed by atoms with van der Waals surface area (Å²) in [6.45, 7) is 8.23. The highest BCUT2D eigenvalue weighted by atomic mass is 16.2. The summed E-state index contributed by atoms with van der Waals surface area (Å²) in [6, 6.07) is 0.577. The molecule has 2 heterocycles. The molecule has 0 spiro atoms. The van der Waals surface area contributed by atoms with Crippen LogP contribution in [0.25, 0.3) is 0 Å². The van der Waals surface area contributed by atoms with Gasteiger partial charge in [0.15, 0.2) is 0 Å². The van der Waals surface area contributed by atoms with Crippen LogP contribution >= 0.6 is 0 Å². The first-order valence-corrected chi connectivity index (χ1v) is 7.43. The van der Waals surface area contributed by atoms with Gasteiger partial charge in [0.2, 0.25) is 0 Å². The second-order valence-corrected chi connectivity index (χ2v) is 6.04. The molecule has 2 saturated heterocycles. The average molecular weight is 253 g/mol. The van der Waals surface area contributed by atoms with Crippen molar-refractivity contribution in [3.63, 3.8) is 0 Å². The van der Waals surface area contributed by atoms with E-state index in [4.69, 9.17) is 0 Å². The Hall–Kier alpha value is -0.770. The van der Waals surface area contributed by atoms with E-state index in [2.05, 4.69) is 24.5 Å². The van der Waals surface area contributed by atoms with Gasteiger partial charge >= 0.3 is 6.03 Å². The molecule has 2 aliphatic rings. The van der Waals surface area contributed by atoms with Gasteiger partial charge in [0, 0.05) is 25.7 Å². The molecule has 2 unspecified atom stereocenters. The van der Waals surface area contributed by atoms with E-state index in [1.54, 1.807) is 0 Å². The van der Waals surface area contributed by atoms with Gasteiger partial charge in [-0.2, -0.15) is 0 Å². The van der Waals surface area contributed by atoms with E-state index >= 15 is 0 Å². The summed E-state index contributed by atoms with van der Waals surface area (Å²) in [5, 5.41) is 6.59. The molecular weight excluding hydrogens is 226 g/mol. The summed E-state index contributed by atoms with van der Waals surface area (Å²) in [5.74, 6) is 1.44. The molecule has 0 aromatic rings.